The van der Waals surface area contributed by atoms with Gasteiger partial charge in [-0.3, -0.25) is 0 Å². The maximum Gasteiger partial charge on any atom is 0.0641 e. The zero-order valence-corrected chi connectivity index (χ0v) is 12.8. The van der Waals surface area contributed by atoms with E-state index in [1.807, 2.05) is 14.0 Å². The highest BCUT2D eigenvalue weighted by atomic mass is 16.5. The van der Waals surface area contributed by atoms with Crippen molar-refractivity contribution in [1.29, 1.82) is 0 Å². The minimum atomic E-state index is 0.451. The summed E-state index contributed by atoms with van der Waals surface area (Å²) in [4.78, 5) is 2.35. The number of benzene rings is 1. The molecule has 1 N–H and O–H groups in total. The molecular weight excluding hydrogens is 236 g/mol. The summed E-state index contributed by atoms with van der Waals surface area (Å²) in [6.07, 6.45) is 1.11. The molecule has 0 fully saturated rings. The van der Waals surface area contributed by atoms with Gasteiger partial charge in [-0.2, -0.15) is 0 Å². The van der Waals surface area contributed by atoms with Crippen LogP contribution in [0, 0.1) is 0 Å². The Hall–Kier alpha value is -1.06. The maximum absolute atomic E-state index is 5.43. The van der Waals surface area contributed by atoms with Crippen molar-refractivity contribution in [2.24, 2.45) is 0 Å². The Morgan fingerprint density at radius 1 is 1.16 bits per heavy atom. The predicted molar refractivity (Wildman–Crippen MR) is 82.9 cm³/mol. The van der Waals surface area contributed by atoms with Crippen LogP contribution in [0.5, 0.6) is 0 Å². The highest BCUT2D eigenvalue weighted by Crippen LogP contribution is 2.20. The van der Waals surface area contributed by atoms with Crippen molar-refractivity contribution in [3.05, 3.63) is 29.8 Å². The number of anilines is 1. The summed E-state index contributed by atoms with van der Waals surface area (Å²) < 4.78 is 5.43. The monoisotopic (exact) mass is 264 g/mol. The lowest BCUT2D eigenvalue weighted by atomic mass is 10.0. The third-order valence-corrected chi connectivity index (χ3v) is 3.51. The topological polar surface area (TPSA) is 24.5 Å². The fourth-order valence-corrected chi connectivity index (χ4v) is 2.31. The van der Waals surface area contributed by atoms with Crippen molar-refractivity contribution in [2.75, 3.05) is 38.3 Å². The van der Waals surface area contributed by atoms with Gasteiger partial charge in [-0.1, -0.05) is 19.1 Å². The highest BCUT2D eigenvalue weighted by Gasteiger charge is 2.08. The van der Waals surface area contributed by atoms with Gasteiger partial charge >= 0.3 is 0 Å². The molecule has 0 saturated carbocycles. The van der Waals surface area contributed by atoms with Crippen LogP contribution in [-0.2, 0) is 4.74 Å². The van der Waals surface area contributed by atoms with Crippen molar-refractivity contribution in [1.82, 2.24) is 5.32 Å². The molecule has 0 radical (unpaired) electrons. The van der Waals surface area contributed by atoms with E-state index >= 15 is 0 Å². The van der Waals surface area contributed by atoms with E-state index in [9.17, 15) is 0 Å². The quantitative estimate of drug-likeness (QED) is 0.693. The normalized spacial score (nSPS) is 12.4. The van der Waals surface area contributed by atoms with Crippen LogP contribution in [0.1, 0.15) is 38.8 Å². The summed E-state index contributed by atoms with van der Waals surface area (Å²) in [5.41, 5.74) is 2.63. The second-order valence-electron chi connectivity index (χ2n) is 4.62. The van der Waals surface area contributed by atoms with E-state index in [4.69, 9.17) is 4.74 Å². The summed E-state index contributed by atoms with van der Waals surface area (Å²) in [7, 11) is 2.02. The zero-order valence-electron chi connectivity index (χ0n) is 12.8. The average Bonchev–Trinajstić information content (AvgIpc) is 2.46. The van der Waals surface area contributed by atoms with Crippen molar-refractivity contribution < 1.29 is 4.74 Å². The molecule has 1 unspecified atom stereocenters. The smallest absolute Gasteiger partial charge is 0.0641 e. The molecule has 3 heteroatoms. The number of hydrogen-bond acceptors (Lipinski definition) is 3. The minimum Gasteiger partial charge on any atom is -0.380 e. The van der Waals surface area contributed by atoms with Crippen LogP contribution >= 0.6 is 0 Å². The molecule has 0 amide bonds. The molecule has 1 rings (SSSR count). The second-order valence-corrected chi connectivity index (χ2v) is 4.62. The van der Waals surface area contributed by atoms with Crippen LogP contribution in [0.3, 0.4) is 0 Å². The lowest BCUT2D eigenvalue weighted by Crippen LogP contribution is -2.27. The fraction of sp³-hybridized carbons (Fsp3) is 0.625. The Kier molecular flexibility index (Phi) is 7.53. The number of ether oxygens (including phenoxy) is 1. The predicted octanol–water partition coefficient (Wildman–Crippen LogP) is 3.22. The molecule has 0 aromatic heterocycles. The Balaban J connectivity index is 2.67. The van der Waals surface area contributed by atoms with Gasteiger partial charge in [-0.15, -0.1) is 0 Å². The fourth-order valence-electron chi connectivity index (χ4n) is 2.31. The van der Waals surface area contributed by atoms with E-state index in [1.54, 1.807) is 0 Å². The number of rotatable bonds is 9. The molecule has 0 bridgehead atoms. The minimum absolute atomic E-state index is 0.451. The first-order valence-electron chi connectivity index (χ1n) is 7.36. The van der Waals surface area contributed by atoms with E-state index in [0.717, 1.165) is 32.7 Å². The summed E-state index contributed by atoms with van der Waals surface area (Å²) in [6, 6.07) is 9.33. The van der Waals surface area contributed by atoms with Gasteiger partial charge in [0.2, 0.25) is 0 Å². The van der Waals surface area contributed by atoms with Crippen LogP contribution in [0.4, 0.5) is 5.69 Å². The van der Waals surface area contributed by atoms with E-state index in [1.165, 1.54) is 11.3 Å². The summed E-state index contributed by atoms with van der Waals surface area (Å²) >= 11 is 0. The third-order valence-electron chi connectivity index (χ3n) is 3.51. The van der Waals surface area contributed by atoms with Crippen LogP contribution < -0.4 is 10.2 Å². The molecule has 1 aromatic carbocycles. The van der Waals surface area contributed by atoms with Gasteiger partial charge in [0.05, 0.1) is 6.61 Å². The molecule has 0 saturated heterocycles. The van der Waals surface area contributed by atoms with Gasteiger partial charge in [0, 0.05) is 31.4 Å². The van der Waals surface area contributed by atoms with Crippen LogP contribution in [0.15, 0.2) is 24.3 Å². The van der Waals surface area contributed by atoms with Crippen LogP contribution in [0.2, 0.25) is 0 Å². The Morgan fingerprint density at radius 2 is 1.84 bits per heavy atom. The molecular formula is C16H28N2O. The molecule has 19 heavy (non-hydrogen) atoms. The molecule has 3 nitrogen and oxygen atoms in total. The van der Waals surface area contributed by atoms with Gasteiger partial charge in [0.1, 0.15) is 0 Å². The van der Waals surface area contributed by atoms with E-state index in [2.05, 4.69) is 48.3 Å². The molecule has 0 aliphatic carbocycles. The van der Waals surface area contributed by atoms with Crippen molar-refractivity contribution in [2.45, 2.75) is 33.2 Å². The maximum atomic E-state index is 5.43. The first-order valence-corrected chi connectivity index (χ1v) is 7.36. The lowest BCUT2D eigenvalue weighted by Gasteiger charge is -2.24. The number of nitrogens with one attached hydrogen (secondary N) is 1. The molecule has 0 aliphatic heterocycles. The third kappa shape index (κ3) is 4.84. The van der Waals surface area contributed by atoms with Gasteiger partial charge in [0.15, 0.2) is 0 Å². The Morgan fingerprint density at radius 3 is 2.32 bits per heavy atom. The molecule has 1 aromatic rings. The average molecular weight is 264 g/mol. The molecule has 108 valence electrons. The van der Waals surface area contributed by atoms with Gasteiger partial charge in [-0.05, 0) is 45.0 Å². The standard InChI is InChI=1S/C16H28N2O/c1-5-16(17-4)14-8-10-15(11-9-14)18(6-2)12-13-19-7-3/h8-11,16-17H,5-7,12-13H2,1-4H3. The summed E-state index contributed by atoms with van der Waals surface area (Å²) in [5.74, 6) is 0. The largest absolute Gasteiger partial charge is 0.380 e. The number of hydrogen-bond donors (Lipinski definition) is 1. The van der Waals surface area contributed by atoms with Gasteiger partial charge < -0.3 is 15.0 Å². The summed E-state index contributed by atoms with van der Waals surface area (Å²) in [6.45, 7) is 9.96. The van der Waals surface area contributed by atoms with Crippen LogP contribution in [0.25, 0.3) is 0 Å². The first kappa shape index (κ1) is 16.0. The molecule has 0 spiro atoms. The van der Waals surface area contributed by atoms with E-state index in [0.29, 0.717) is 6.04 Å². The zero-order chi connectivity index (χ0) is 14.1. The van der Waals surface area contributed by atoms with Gasteiger partial charge in [-0.25, -0.2) is 0 Å². The van der Waals surface area contributed by atoms with Crippen molar-refractivity contribution >= 4 is 5.69 Å². The second kappa shape index (κ2) is 8.94. The van der Waals surface area contributed by atoms with E-state index in [-0.39, 0.29) is 0 Å². The van der Waals surface area contributed by atoms with E-state index < -0.39 is 0 Å². The van der Waals surface area contributed by atoms with Gasteiger partial charge in [0.25, 0.3) is 0 Å². The van der Waals surface area contributed by atoms with Crippen molar-refractivity contribution in [3.8, 4) is 0 Å². The molecule has 1 atom stereocenters. The van der Waals surface area contributed by atoms with Crippen molar-refractivity contribution in [3.63, 3.8) is 0 Å². The summed E-state index contributed by atoms with van der Waals surface area (Å²) in [5, 5.41) is 3.34. The lowest BCUT2D eigenvalue weighted by molar-refractivity contribution is 0.154. The first-order chi connectivity index (χ1) is 9.26. The van der Waals surface area contributed by atoms with Crippen LogP contribution in [-0.4, -0.2) is 33.4 Å². The Bertz CT molecular complexity index is 333. The molecule has 0 heterocycles. The number of likely N-dealkylation sites (N-methyl/N-ethyl adjacent to an activating group) is 1. The SMILES string of the molecule is CCOCCN(CC)c1ccc(C(CC)NC)cc1. The number of nitrogens with zero attached hydrogens (tertiary/aromatic N) is 1. The Labute approximate surface area is 118 Å². The molecule has 0 aliphatic rings. The highest BCUT2D eigenvalue weighted by molar-refractivity contribution is 5.48.